The van der Waals surface area contributed by atoms with Gasteiger partial charge in [-0.1, -0.05) is 48.5 Å². The highest BCUT2D eigenvalue weighted by molar-refractivity contribution is 8.00. The van der Waals surface area contributed by atoms with Gasteiger partial charge in [0.1, 0.15) is 17.4 Å². The van der Waals surface area contributed by atoms with E-state index in [4.69, 9.17) is 0 Å². The van der Waals surface area contributed by atoms with E-state index in [2.05, 4.69) is 10.2 Å². The van der Waals surface area contributed by atoms with Crippen LogP contribution in [0.3, 0.4) is 0 Å². The third-order valence-electron chi connectivity index (χ3n) is 4.56. The van der Waals surface area contributed by atoms with Gasteiger partial charge in [0.05, 0.1) is 10.9 Å². The van der Waals surface area contributed by atoms with E-state index in [1.165, 1.54) is 23.9 Å². The number of nitrogens with zero attached hydrogens (tertiary/aromatic N) is 3. The Morgan fingerprint density at radius 1 is 1.04 bits per heavy atom. The standard InChI is InChI=1S/C20H17F2N3OS/c21-14-10-11-16(15(22)12-14)25-19(13-6-2-1-3-7-13)23-24-20(25)27-18-9-5-4-8-17(18)26/h1-3,6-7,10-12,18H,4-5,8-9H2. The lowest BCUT2D eigenvalue weighted by Crippen LogP contribution is -2.22. The number of hydrogen-bond acceptors (Lipinski definition) is 4. The Morgan fingerprint density at radius 2 is 1.85 bits per heavy atom. The molecule has 0 spiro atoms. The number of ketones is 1. The summed E-state index contributed by atoms with van der Waals surface area (Å²) in [6, 6.07) is 12.7. The number of rotatable bonds is 4. The molecule has 2 aromatic carbocycles. The molecular formula is C20H17F2N3OS. The monoisotopic (exact) mass is 385 g/mol. The van der Waals surface area contributed by atoms with Gasteiger partial charge in [-0.3, -0.25) is 9.36 Å². The van der Waals surface area contributed by atoms with Gasteiger partial charge >= 0.3 is 0 Å². The molecule has 4 nitrogen and oxygen atoms in total. The Morgan fingerprint density at radius 3 is 2.59 bits per heavy atom. The smallest absolute Gasteiger partial charge is 0.196 e. The van der Waals surface area contributed by atoms with Crippen molar-refractivity contribution in [3.05, 3.63) is 60.2 Å². The maximum absolute atomic E-state index is 14.6. The number of halogens is 2. The maximum atomic E-state index is 14.6. The highest BCUT2D eigenvalue weighted by Crippen LogP contribution is 2.35. The summed E-state index contributed by atoms with van der Waals surface area (Å²) in [5.41, 5.74) is 0.918. The molecule has 4 rings (SSSR count). The van der Waals surface area contributed by atoms with Gasteiger partial charge in [0.15, 0.2) is 11.0 Å². The molecule has 1 heterocycles. The van der Waals surface area contributed by atoms with E-state index in [0.29, 0.717) is 17.4 Å². The summed E-state index contributed by atoms with van der Waals surface area (Å²) in [7, 11) is 0. The minimum Gasteiger partial charge on any atom is -0.298 e. The molecular weight excluding hydrogens is 368 g/mol. The lowest BCUT2D eigenvalue weighted by atomic mass is 9.99. The molecule has 0 N–H and O–H groups in total. The maximum Gasteiger partial charge on any atom is 0.196 e. The summed E-state index contributed by atoms with van der Waals surface area (Å²) in [5, 5.41) is 8.68. The van der Waals surface area contributed by atoms with E-state index in [1.807, 2.05) is 30.3 Å². The second-order valence-electron chi connectivity index (χ2n) is 6.42. The Hall–Kier alpha value is -2.54. The number of carbonyl (C=O) groups excluding carboxylic acids is 1. The van der Waals surface area contributed by atoms with E-state index in [0.717, 1.165) is 30.9 Å². The third-order valence-corrected chi connectivity index (χ3v) is 5.82. The lowest BCUT2D eigenvalue weighted by Gasteiger charge is -2.20. The molecule has 1 unspecified atom stereocenters. The van der Waals surface area contributed by atoms with E-state index < -0.39 is 11.6 Å². The molecule has 1 fully saturated rings. The van der Waals surface area contributed by atoms with Crippen LogP contribution in [-0.4, -0.2) is 25.8 Å². The number of thioether (sulfide) groups is 1. The summed E-state index contributed by atoms with van der Waals surface area (Å²) < 4.78 is 29.5. The zero-order valence-electron chi connectivity index (χ0n) is 14.4. The number of carbonyl (C=O) groups is 1. The molecule has 1 atom stereocenters. The fourth-order valence-electron chi connectivity index (χ4n) is 3.20. The van der Waals surface area contributed by atoms with E-state index in [-0.39, 0.29) is 16.7 Å². The van der Waals surface area contributed by atoms with Crippen molar-refractivity contribution in [1.29, 1.82) is 0 Å². The molecule has 0 aliphatic heterocycles. The minimum atomic E-state index is -0.705. The Bertz CT molecular complexity index is 975. The van der Waals surface area contributed by atoms with Crippen molar-refractivity contribution in [2.24, 2.45) is 0 Å². The summed E-state index contributed by atoms with van der Waals surface area (Å²) >= 11 is 1.30. The van der Waals surface area contributed by atoms with Crippen molar-refractivity contribution >= 4 is 17.5 Å². The first-order valence-corrected chi connectivity index (χ1v) is 9.67. The number of aromatic nitrogens is 3. The molecule has 0 saturated heterocycles. The van der Waals surface area contributed by atoms with Crippen LogP contribution >= 0.6 is 11.8 Å². The van der Waals surface area contributed by atoms with Gasteiger partial charge in [-0.05, 0) is 25.0 Å². The van der Waals surface area contributed by atoms with Crippen molar-refractivity contribution in [1.82, 2.24) is 14.8 Å². The van der Waals surface area contributed by atoms with Gasteiger partial charge in [-0.2, -0.15) is 0 Å². The van der Waals surface area contributed by atoms with Gasteiger partial charge in [-0.15, -0.1) is 10.2 Å². The van der Waals surface area contributed by atoms with E-state index in [9.17, 15) is 13.6 Å². The van der Waals surface area contributed by atoms with Crippen LogP contribution in [0.15, 0.2) is 53.7 Å². The van der Waals surface area contributed by atoms with E-state index >= 15 is 0 Å². The minimum absolute atomic E-state index is 0.158. The number of hydrogen-bond donors (Lipinski definition) is 0. The fourth-order valence-corrected chi connectivity index (χ4v) is 4.37. The van der Waals surface area contributed by atoms with Gasteiger partial charge < -0.3 is 0 Å². The molecule has 1 aliphatic carbocycles. The van der Waals surface area contributed by atoms with Gasteiger partial charge in [0.25, 0.3) is 0 Å². The second-order valence-corrected chi connectivity index (χ2v) is 7.59. The van der Waals surface area contributed by atoms with Gasteiger partial charge in [0.2, 0.25) is 0 Å². The molecule has 27 heavy (non-hydrogen) atoms. The first kappa shape index (κ1) is 17.9. The molecule has 1 aliphatic rings. The highest BCUT2D eigenvalue weighted by Gasteiger charge is 2.27. The zero-order chi connectivity index (χ0) is 18.8. The SMILES string of the molecule is O=C1CCCCC1Sc1nnc(-c2ccccc2)n1-c1ccc(F)cc1F. The quantitative estimate of drug-likeness (QED) is 0.646. The molecule has 1 saturated carbocycles. The van der Waals surface area contributed by atoms with Crippen LogP contribution in [0.2, 0.25) is 0 Å². The highest BCUT2D eigenvalue weighted by atomic mass is 32.2. The average Bonchev–Trinajstić information content (AvgIpc) is 3.08. The summed E-state index contributed by atoms with van der Waals surface area (Å²) in [5.74, 6) is -0.723. The first-order valence-electron chi connectivity index (χ1n) is 8.79. The van der Waals surface area contributed by atoms with Gasteiger partial charge in [0, 0.05) is 18.1 Å². The summed E-state index contributed by atoms with van der Waals surface area (Å²) in [6.07, 6.45) is 3.21. The van der Waals surface area contributed by atoms with Crippen molar-refractivity contribution in [2.75, 3.05) is 0 Å². The van der Waals surface area contributed by atoms with Crippen molar-refractivity contribution < 1.29 is 13.6 Å². The second kappa shape index (κ2) is 7.60. The van der Waals surface area contributed by atoms with Crippen molar-refractivity contribution in [3.8, 4) is 17.1 Å². The topological polar surface area (TPSA) is 47.8 Å². The van der Waals surface area contributed by atoms with Crippen LogP contribution < -0.4 is 0 Å². The zero-order valence-corrected chi connectivity index (χ0v) is 15.3. The van der Waals surface area contributed by atoms with Crippen LogP contribution in [-0.2, 0) is 4.79 Å². The Labute approximate surface area is 159 Å². The molecule has 0 bridgehead atoms. The fraction of sp³-hybridized carbons (Fsp3) is 0.250. The van der Waals surface area contributed by atoms with Crippen molar-refractivity contribution in [2.45, 2.75) is 36.1 Å². The summed E-state index contributed by atoms with van der Waals surface area (Å²) in [4.78, 5) is 12.2. The Balaban J connectivity index is 1.82. The lowest BCUT2D eigenvalue weighted by molar-refractivity contribution is -0.119. The molecule has 0 radical (unpaired) electrons. The third kappa shape index (κ3) is 3.64. The first-order chi connectivity index (χ1) is 13.1. The van der Waals surface area contributed by atoms with Crippen LogP contribution in [0, 0.1) is 11.6 Å². The molecule has 0 amide bonds. The largest absolute Gasteiger partial charge is 0.298 e. The molecule has 138 valence electrons. The van der Waals surface area contributed by atoms with Crippen LogP contribution in [0.25, 0.3) is 17.1 Å². The molecule has 1 aromatic heterocycles. The van der Waals surface area contributed by atoms with Crippen LogP contribution in [0.5, 0.6) is 0 Å². The molecule has 3 aromatic rings. The van der Waals surface area contributed by atoms with Gasteiger partial charge in [-0.25, -0.2) is 8.78 Å². The van der Waals surface area contributed by atoms with E-state index in [1.54, 1.807) is 4.57 Å². The predicted octanol–water partition coefficient (Wildman–Crippen LogP) is 4.82. The van der Waals surface area contributed by atoms with Crippen molar-refractivity contribution in [3.63, 3.8) is 0 Å². The normalized spacial score (nSPS) is 17.3. The van der Waals surface area contributed by atoms with Crippen LogP contribution in [0.1, 0.15) is 25.7 Å². The predicted molar refractivity (Wildman–Crippen MR) is 99.8 cm³/mol. The number of Topliss-reactive ketones (excluding diaryl/α,β-unsaturated/α-hetero) is 1. The summed E-state index contributed by atoms with van der Waals surface area (Å²) in [6.45, 7) is 0. The average molecular weight is 385 g/mol. The van der Waals surface area contributed by atoms with Crippen LogP contribution in [0.4, 0.5) is 8.78 Å². The molecule has 7 heteroatoms. The Kier molecular flexibility index (Phi) is 5.03. The number of benzene rings is 2.